The Morgan fingerprint density at radius 1 is 1.03 bits per heavy atom. The minimum atomic E-state index is -3.65. The number of benzene rings is 2. The molecule has 1 aliphatic heterocycles. The van der Waals surface area contributed by atoms with E-state index in [1.165, 1.54) is 16.4 Å². The van der Waals surface area contributed by atoms with Crippen molar-refractivity contribution in [2.24, 2.45) is 0 Å². The van der Waals surface area contributed by atoms with Crippen molar-refractivity contribution >= 4 is 27.6 Å². The molecule has 0 radical (unpaired) electrons. The summed E-state index contributed by atoms with van der Waals surface area (Å²) in [6.45, 7) is 4.70. The number of amides is 1. The van der Waals surface area contributed by atoms with Gasteiger partial charge in [0.05, 0.1) is 17.1 Å². The summed E-state index contributed by atoms with van der Waals surface area (Å²) < 4.78 is 32.6. The van der Waals surface area contributed by atoms with E-state index >= 15 is 0 Å². The average molecular weight is 431 g/mol. The minimum absolute atomic E-state index is 0.150. The standard InChI is InChI=1S/C22H26N2O5S/c1-3-29-22(26)18-8-7-9-19(14-18)23-21(25)17-11-10-16(2)20(15-17)30(27,28)24-12-5-4-6-13-24/h7-11,14-15H,3-6,12-13H2,1-2H3,(H,23,25). The summed E-state index contributed by atoms with van der Waals surface area (Å²) in [5.41, 5.74) is 1.58. The molecule has 8 heteroatoms. The summed E-state index contributed by atoms with van der Waals surface area (Å²) in [6.07, 6.45) is 2.71. The van der Waals surface area contributed by atoms with Gasteiger partial charge in [0, 0.05) is 24.3 Å². The molecule has 160 valence electrons. The summed E-state index contributed by atoms with van der Waals surface area (Å²) >= 11 is 0. The first-order valence-corrected chi connectivity index (χ1v) is 11.5. The second kappa shape index (κ2) is 9.40. The fraction of sp³-hybridized carbons (Fsp3) is 0.364. The van der Waals surface area contributed by atoms with E-state index in [0.29, 0.717) is 29.9 Å². The van der Waals surface area contributed by atoms with Gasteiger partial charge in [0.1, 0.15) is 0 Å². The van der Waals surface area contributed by atoms with Gasteiger partial charge in [0.25, 0.3) is 5.91 Å². The highest BCUT2D eigenvalue weighted by molar-refractivity contribution is 7.89. The van der Waals surface area contributed by atoms with Gasteiger partial charge < -0.3 is 10.1 Å². The number of nitrogens with zero attached hydrogens (tertiary/aromatic N) is 1. The number of piperidine rings is 1. The maximum atomic E-state index is 13.1. The molecule has 1 aliphatic rings. The Bertz CT molecular complexity index is 1040. The lowest BCUT2D eigenvalue weighted by Crippen LogP contribution is -2.36. The molecular weight excluding hydrogens is 404 g/mol. The number of aryl methyl sites for hydroxylation is 1. The lowest BCUT2D eigenvalue weighted by atomic mass is 10.1. The molecule has 0 bridgehead atoms. The van der Waals surface area contributed by atoms with Crippen molar-refractivity contribution in [3.05, 3.63) is 59.2 Å². The maximum Gasteiger partial charge on any atom is 0.338 e. The van der Waals surface area contributed by atoms with E-state index in [2.05, 4.69) is 5.32 Å². The van der Waals surface area contributed by atoms with Gasteiger partial charge in [-0.15, -0.1) is 0 Å². The van der Waals surface area contributed by atoms with Crippen molar-refractivity contribution < 1.29 is 22.7 Å². The van der Waals surface area contributed by atoms with Gasteiger partial charge in [-0.2, -0.15) is 4.31 Å². The van der Waals surface area contributed by atoms with Gasteiger partial charge in [-0.3, -0.25) is 4.79 Å². The summed E-state index contributed by atoms with van der Waals surface area (Å²) in [5, 5.41) is 2.72. The minimum Gasteiger partial charge on any atom is -0.462 e. The number of carbonyl (C=O) groups is 2. The monoisotopic (exact) mass is 430 g/mol. The molecule has 0 aliphatic carbocycles. The Balaban J connectivity index is 1.83. The smallest absolute Gasteiger partial charge is 0.338 e. The quantitative estimate of drug-likeness (QED) is 0.707. The number of hydrogen-bond acceptors (Lipinski definition) is 5. The van der Waals surface area contributed by atoms with Gasteiger partial charge in [0.2, 0.25) is 10.0 Å². The highest BCUT2D eigenvalue weighted by Crippen LogP contribution is 2.25. The van der Waals surface area contributed by atoms with Crippen molar-refractivity contribution in [1.29, 1.82) is 0 Å². The van der Waals surface area contributed by atoms with Crippen LogP contribution < -0.4 is 5.32 Å². The van der Waals surface area contributed by atoms with Crippen LogP contribution in [0.15, 0.2) is 47.4 Å². The van der Waals surface area contributed by atoms with Crippen molar-refractivity contribution in [2.45, 2.75) is 38.0 Å². The van der Waals surface area contributed by atoms with Crippen LogP contribution in [0.2, 0.25) is 0 Å². The van der Waals surface area contributed by atoms with Gasteiger partial charge in [-0.1, -0.05) is 18.6 Å². The van der Waals surface area contributed by atoms with E-state index in [9.17, 15) is 18.0 Å². The molecule has 3 rings (SSSR count). The van der Waals surface area contributed by atoms with Crippen LogP contribution in [-0.4, -0.2) is 44.3 Å². The third-order valence-corrected chi connectivity index (χ3v) is 7.06. The van der Waals surface area contributed by atoms with Crippen LogP contribution in [0.4, 0.5) is 5.69 Å². The fourth-order valence-corrected chi connectivity index (χ4v) is 5.17. The Hall–Kier alpha value is -2.71. The Morgan fingerprint density at radius 2 is 1.77 bits per heavy atom. The number of rotatable bonds is 6. The molecule has 1 amide bonds. The number of sulfonamides is 1. The molecule has 7 nitrogen and oxygen atoms in total. The van der Waals surface area contributed by atoms with Crippen molar-refractivity contribution in [3.63, 3.8) is 0 Å². The summed E-state index contributed by atoms with van der Waals surface area (Å²) in [5.74, 6) is -0.926. The first-order chi connectivity index (χ1) is 14.3. The molecule has 0 spiro atoms. The molecule has 0 unspecified atom stereocenters. The van der Waals surface area contributed by atoms with E-state index in [1.54, 1.807) is 44.2 Å². The van der Waals surface area contributed by atoms with E-state index in [0.717, 1.165) is 19.3 Å². The second-order valence-electron chi connectivity index (χ2n) is 7.20. The van der Waals surface area contributed by atoms with Gasteiger partial charge in [-0.25, -0.2) is 13.2 Å². The van der Waals surface area contributed by atoms with Gasteiger partial charge in [-0.05, 0) is 62.6 Å². The van der Waals surface area contributed by atoms with Crippen molar-refractivity contribution in [1.82, 2.24) is 4.31 Å². The topological polar surface area (TPSA) is 92.8 Å². The molecule has 0 atom stereocenters. The Morgan fingerprint density at radius 3 is 2.47 bits per heavy atom. The zero-order valence-electron chi connectivity index (χ0n) is 17.2. The highest BCUT2D eigenvalue weighted by Gasteiger charge is 2.28. The first kappa shape index (κ1) is 22.0. The third-order valence-electron chi connectivity index (χ3n) is 5.01. The van der Waals surface area contributed by atoms with Crippen LogP contribution in [0.5, 0.6) is 0 Å². The molecule has 1 heterocycles. The molecular formula is C22H26N2O5S. The number of ether oxygens (including phenoxy) is 1. The first-order valence-electron chi connectivity index (χ1n) is 10.0. The lowest BCUT2D eigenvalue weighted by molar-refractivity contribution is 0.0526. The van der Waals surface area contributed by atoms with E-state index in [-0.39, 0.29) is 17.1 Å². The van der Waals surface area contributed by atoms with Crippen LogP contribution in [-0.2, 0) is 14.8 Å². The Kier molecular flexibility index (Phi) is 6.89. The average Bonchev–Trinajstić information content (AvgIpc) is 2.75. The molecule has 1 fully saturated rings. The predicted molar refractivity (Wildman–Crippen MR) is 114 cm³/mol. The summed E-state index contributed by atoms with van der Waals surface area (Å²) in [7, 11) is -3.65. The van der Waals surface area contributed by atoms with E-state index in [1.807, 2.05) is 0 Å². The molecule has 2 aromatic rings. The van der Waals surface area contributed by atoms with E-state index < -0.39 is 21.9 Å². The number of esters is 1. The van der Waals surface area contributed by atoms with Gasteiger partial charge in [0.15, 0.2) is 0 Å². The SMILES string of the molecule is CCOC(=O)c1cccc(NC(=O)c2ccc(C)c(S(=O)(=O)N3CCCCC3)c2)c1. The van der Waals surface area contributed by atoms with Crippen molar-refractivity contribution in [2.75, 3.05) is 25.0 Å². The summed E-state index contributed by atoms with van der Waals surface area (Å²) in [4.78, 5) is 24.8. The van der Waals surface area contributed by atoms with Crippen molar-refractivity contribution in [3.8, 4) is 0 Å². The number of hydrogen-bond donors (Lipinski definition) is 1. The zero-order valence-corrected chi connectivity index (χ0v) is 18.0. The lowest BCUT2D eigenvalue weighted by Gasteiger charge is -2.26. The van der Waals surface area contributed by atoms with Gasteiger partial charge >= 0.3 is 5.97 Å². The summed E-state index contributed by atoms with van der Waals surface area (Å²) in [6, 6.07) is 11.1. The van der Waals surface area contributed by atoms with Crippen LogP contribution in [0.25, 0.3) is 0 Å². The van der Waals surface area contributed by atoms with Crippen LogP contribution in [0, 0.1) is 6.92 Å². The zero-order chi connectivity index (χ0) is 21.7. The number of nitrogens with one attached hydrogen (secondary N) is 1. The molecule has 0 saturated carbocycles. The molecule has 1 saturated heterocycles. The van der Waals surface area contributed by atoms with Crippen LogP contribution >= 0.6 is 0 Å². The molecule has 0 aromatic heterocycles. The number of anilines is 1. The third kappa shape index (κ3) is 4.88. The normalized spacial score (nSPS) is 14.9. The van der Waals surface area contributed by atoms with Crippen LogP contribution in [0.3, 0.4) is 0 Å². The maximum absolute atomic E-state index is 13.1. The largest absolute Gasteiger partial charge is 0.462 e. The predicted octanol–water partition coefficient (Wildman–Crippen LogP) is 3.60. The Labute approximate surface area is 177 Å². The fourth-order valence-electron chi connectivity index (χ4n) is 3.41. The molecule has 1 N–H and O–H groups in total. The van der Waals surface area contributed by atoms with E-state index in [4.69, 9.17) is 4.74 Å². The molecule has 30 heavy (non-hydrogen) atoms. The highest BCUT2D eigenvalue weighted by atomic mass is 32.2. The molecule has 2 aromatic carbocycles. The van der Waals surface area contributed by atoms with Crippen LogP contribution in [0.1, 0.15) is 52.5 Å². The second-order valence-corrected chi connectivity index (χ2v) is 9.11. The number of carbonyl (C=O) groups excluding carboxylic acids is 2.